The van der Waals surface area contributed by atoms with Gasteiger partial charge in [0.05, 0.1) is 10.6 Å². The minimum Gasteiger partial charge on any atom is -0.436 e. The van der Waals surface area contributed by atoms with Crippen LogP contribution in [0.1, 0.15) is 5.56 Å². The molecule has 112 valence electrons. The molecular formula is C16H12Cl2N2O2. The molecule has 0 radical (unpaired) electrons. The van der Waals surface area contributed by atoms with Gasteiger partial charge in [0.25, 0.3) is 0 Å². The zero-order valence-corrected chi connectivity index (χ0v) is 13.2. The van der Waals surface area contributed by atoms with E-state index in [2.05, 4.69) is 10.3 Å². The topological polar surface area (TPSA) is 55.1 Å². The molecule has 0 aliphatic carbocycles. The number of alkyl halides is 1. The van der Waals surface area contributed by atoms with Gasteiger partial charge in [0.15, 0.2) is 5.58 Å². The van der Waals surface area contributed by atoms with Crippen molar-refractivity contribution < 1.29 is 9.21 Å². The fourth-order valence-corrected chi connectivity index (χ4v) is 2.38. The van der Waals surface area contributed by atoms with Crippen LogP contribution in [0.2, 0.25) is 5.02 Å². The zero-order valence-electron chi connectivity index (χ0n) is 11.7. The van der Waals surface area contributed by atoms with Crippen LogP contribution in [0.3, 0.4) is 0 Å². The van der Waals surface area contributed by atoms with Crippen molar-refractivity contribution in [2.45, 2.75) is 6.92 Å². The number of amides is 1. The van der Waals surface area contributed by atoms with Gasteiger partial charge in [-0.3, -0.25) is 4.79 Å². The summed E-state index contributed by atoms with van der Waals surface area (Å²) in [4.78, 5) is 15.8. The molecule has 1 aromatic heterocycles. The molecule has 0 unspecified atom stereocenters. The van der Waals surface area contributed by atoms with Crippen LogP contribution >= 0.6 is 23.2 Å². The minimum atomic E-state index is -0.289. The van der Waals surface area contributed by atoms with Crippen LogP contribution in [-0.2, 0) is 4.79 Å². The molecule has 0 atom stereocenters. The molecule has 1 amide bonds. The van der Waals surface area contributed by atoms with E-state index in [0.29, 0.717) is 27.7 Å². The first-order valence-corrected chi connectivity index (χ1v) is 7.51. The van der Waals surface area contributed by atoms with Crippen LogP contribution < -0.4 is 5.32 Å². The smallest absolute Gasteiger partial charge is 0.239 e. The number of anilines is 1. The van der Waals surface area contributed by atoms with Crippen molar-refractivity contribution in [2.75, 3.05) is 11.2 Å². The summed E-state index contributed by atoms with van der Waals surface area (Å²) < 4.78 is 5.74. The number of rotatable bonds is 3. The number of halogens is 2. The lowest BCUT2D eigenvalue weighted by atomic mass is 10.2. The Morgan fingerprint density at radius 3 is 2.86 bits per heavy atom. The number of nitrogens with zero attached hydrogens (tertiary/aromatic N) is 1. The number of aromatic nitrogens is 1. The molecule has 0 aliphatic rings. The second kappa shape index (κ2) is 5.99. The van der Waals surface area contributed by atoms with Gasteiger partial charge >= 0.3 is 0 Å². The van der Waals surface area contributed by atoms with Gasteiger partial charge in [-0.25, -0.2) is 4.98 Å². The van der Waals surface area contributed by atoms with Gasteiger partial charge in [-0.15, -0.1) is 11.6 Å². The minimum absolute atomic E-state index is 0.111. The van der Waals surface area contributed by atoms with E-state index in [1.807, 2.05) is 25.1 Å². The molecular weight excluding hydrogens is 323 g/mol. The van der Waals surface area contributed by atoms with Gasteiger partial charge in [0, 0.05) is 5.69 Å². The Bertz CT molecular complexity index is 858. The monoisotopic (exact) mass is 334 g/mol. The normalized spacial score (nSPS) is 10.9. The molecule has 1 N–H and O–H groups in total. The molecule has 4 nitrogen and oxygen atoms in total. The third-order valence-electron chi connectivity index (χ3n) is 3.14. The van der Waals surface area contributed by atoms with Gasteiger partial charge in [-0.2, -0.15) is 0 Å². The molecule has 1 heterocycles. The average molecular weight is 335 g/mol. The van der Waals surface area contributed by atoms with Crippen molar-refractivity contribution in [3.8, 4) is 11.5 Å². The second-order valence-corrected chi connectivity index (χ2v) is 5.54. The van der Waals surface area contributed by atoms with E-state index in [-0.39, 0.29) is 11.8 Å². The number of fused-ring (bicyclic) bond motifs is 1. The number of oxazole rings is 1. The standard InChI is InChI=1S/C16H12Cl2N2O2/c1-9-2-5-14-13(6-9)20-16(22-14)11-7-10(3-4-12(11)18)19-15(21)8-17/h2-7H,8H2,1H3,(H,19,21). The molecule has 0 saturated heterocycles. The van der Waals surface area contributed by atoms with Gasteiger partial charge < -0.3 is 9.73 Å². The average Bonchev–Trinajstić information content (AvgIpc) is 2.91. The Morgan fingerprint density at radius 2 is 2.09 bits per heavy atom. The molecule has 0 spiro atoms. The predicted octanol–water partition coefficient (Wildman–Crippen LogP) is 4.63. The summed E-state index contributed by atoms with van der Waals surface area (Å²) in [6, 6.07) is 10.9. The lowest BCUT2D eigenvalue weighted by molar-refractivity contribution is -0.113. The highest BCUT2D eigenvalue weighted by molar-refractivity contribution is 6.33. The highest BCUT2D eigenvalue weighted by Gasteiger charge is 2.13. The van der Waals surface area contributed by atoms with Gasteiger partial charge in [0.1, 0.15) is 11.4 Å². The Hall–Kier alpha value is -2.04. The summed E-state index contributed by atoms with van der Waals surface area (Å²) >= 11 is 11.7. The molecule has 3 rings (SSSR count). The van der Waals surface area contributed by atoms with E-state index in [1.165, 1.54) is 0 Å². The first-order chi connectivity index (χ1) is 10.6. The predicted molar refractivity (Wildman–Crippen MR) is 88.5 cm³/mol. The molecule has 2 aromatic carbocycles. The lowest BCUT2D eigenvalue weighted by Gasteiger charge is -2.06. The molecule has 0 aliphatic heterocycles. The number of carbonyl (C=O) groups excluding carboxylic acids is 1. The highest BCUT2D eigenvalue weighted by Crippen LogP contribution is 2.32. The maximum absolute atomic E-state index is 11.4. The number of benzene rings is 2. The van der Waals surface area contributed by atoms with E-state index in [0.717, 1.165) is 11.1 Å². The summed E-state index contributed by atoms with van der Waals surface area (Å²) in [5, 5.41) is 3.17. The van der Waals surface area contributed by atoms with Crippen molar-refractivity contribution in [1.82, 2.24) is 4.98 Å². The molecule has 0 saturated carbocycles. The van der Waals surface area contributed by atoms with Gasteiger partial charge in [-0.05, 0) is 42.8 Å². The SMILES string of the molecule is Cc1ccc2oc(-c3cc(NC(=O)CCl)ccc3Cl)nc2c1. The van der Waals surface area contributed by atoms with Crippen LogP contribution in [0.4, 0.5) is 5.69 Å². The second-order valence-electron chi connectivity index (χ2n) is 4.87. The summed E-state index contributed by atoms with van der Waals surface area (Å²) in [7, 11) is 0. The maximum atomic E-state index is 11.4. The van der Waals surface area contributed by atoms with Crippen molar-refractivity contribution in [3.05, 3.63) is 47.0 Å². The largest absolute Gasteiger partial charge is 0.436 e. The van der Waals surface area contributed by atoms with E-state index < -0.39 is 0 Å². The fraction of sp³-hybridized carbons (Fsp3) is 0.125. The van der Waals surface area contributed by atoms with Crippen LogP contribution in [-0.4, -0.2) is 16.8 Å². The van der Waals surface area contributed by atoms with Crippen LogP contribution in [0.5, 0.6) is 0 Å². The number of hydrogen-bond donors (Lipinski definition) is 1. The zero-order chi connectivity index (χ0) is 15.7. The van der Waals surface area contributed by atoms with Gasteiger partial charge in [-0.1, -0.05) is 17.7 Å². The number of nitrogens with one attached hydrogen (secondary N) is 1. The van der Waals surface area contributed by atoms with Crippen molar-refractivity contribution in [1.29, 1.82) is 0 Å². The molecule has 3 aromatic rings. The molecule has 6 heteroatoms. The van der Waals surface area contributed by atoms with Crippen molar-refractivity contribution in [3.63, 3.8) is 0 Å². The maximum Gasteiger partial charge on any atom is 0.239 e. The van der Waals surface area contributed by atoms with E-state index in [9.17, 15) is 4.79 Å². The van der Waals surface area contributed by atoms with Crippen LogP contribution in [0.15, 0.2) is 40.8 Å². The van der Waals surface area contributed by atoms with Crippen LogP contribution in [0.25, 0.3) is 22.6 Å². The summed E-state index contributed by atoms with van der Waals surface area (Å²) in [6.45, 7) is 1.99. The van der Waals surface area contributed by atoms with Crippen LogP contribution in [0, 0.1) is 6.92 Å². The van der Waals surface area contributed by atoms with Gasteiger partial charge in [0.2, 0.25) is 11.8 Å². The van der Waals surface area contributed by atoms with E-state index >= 15 is 0 Å². The Morgan fingerprint density at radius 1 is 1.27 bits per heavy atom. The summed E-state index contributed by atoms with van der Waals surface area (Å²) in [5.74, 6) is 0.0100. The summed E-state index contributed by atoms with van der Waals surface area (Å²) in [6.07, 6.45) is 0. The lowest BCUT2D eigenvalue weighted by Crippen LogP contribution is -2.12. The Kier molecular flexibility index (Phi) is 4.05. The van der Waals surface area contributed by atoms with Crippen molar-refractivity contribution in [2.24, 2.45) is 0 Å². The first-order valence-electron chi connectivity index (χ1n) is 6.60. The number of carbonyl (C=O) groups is 1. The van der Waals surface area contributed by atoms with E-state index in [1.54, 1.807) is 18.2 Å². The molecule has 0 bridgehead atoms. The quantitative estimate of drug-likeness (QED) is 0.710. The number of hydrogen-bond acceptors (Lipinski definition) is 3. The third kappa shape index (κ3) is 2.93. The van der Waals surface area contributed by atoms with Crippen molar-refractivity contribution >= 4 is 45.9 Å². The summed E-state index contributed by atoms with van der Waals surface area (Å²) in [5.41, 5.74) is 3.75. The Balaban J connectivity index is 2.04. The van der Waals surface area contributed by atoms with E-state index in [4.69, 9.17) is 27.6 Å². The molecule has 0 fully saturated rings. The Labute approximate surface area is 137 Å². The number of aryl methyl sites for hydroxylation is 1. The fourth-order valence-electron chi connectivity index (χ4n) is 2.11. The highest BCUT2D eigenvalue weighted by atomic mass is 35.5. The third-order valence-corrected chi connectivity index (χ3v) is 3.72. The molecule has 22 heavy (non-hydrogen) atoms. The first kappa shape index (κ1) is 14.9.